The number of hydrogen-bond acceptors (Lipinski definition) is 4. The van der Waals surface area contributed by atoms with Crippen LogP contribution in [0.1, 0.15) is 25.6 Å². The zero-order chi connectivity index (χ0) is 9.42. The summed E-state index contributed by atoms with van der Waals surface area (Å²) in [7, 11) is 0. The van der Waals surface area contributed by atoms with Crippen LogP contribution in [0.25, 0.3) is 10.3 Å². The first-order chi connectivity index (χ1) is 6.18. The summed E-state index contributed by atoms with van der Waals surface area (Å²) < 4.78 is 0. The van der Waals surface area contributed by atoms with Crippen molar-refractivity contribution in [2.75, 3.05) is 0 Å². The molecule has 3 nitrogen and oxygen atoms in total. The summed E-state index contributed by atoms with van der Waals surface area (Å²) in [5.41, 5.74) is 2.44. The van der Waals surface area contributed by atoms with Gasteiger partial charge in [-0.3, -0.25) is 0 Å². The molecule has 0 saturated carbocycles. The molecule has 0 unspecified atom stereocenters. The molecule has 0 atom stereocenters. The van der Waals surface area contributed by atoms with Crippen LogP contribution in [0.2, 0.25) is 5.15 Å². The number of halogens is 1. The molecule has 0 fully saturated rings. The van der Waals surface area contributed by atoms with E-state index < -0.39 is 0 Å². The summed E-state index contributed by atoms with van der Waals surface area (Å²) in [4.78, 5) is 13.5. The van der Waals surface area contributed by atoms with E-state index in [0.717, 1.165) is 10.7 Å². The van der Waals surface area contributed by atoms with Gasteiger partial charge in [-0.15, -0.1) is 11.3 Å². The number of nitrogens with zero attached hydrogens (tertiary/aromatic N) is 3. The summed E-state index contributed by atoms with van der Waals surface area (Å²) in [5, 5.41) is 0.454. The topological polar surface area (TPSA) is 38.7 Å². The first kappa shape index (κ1) is 8.84. The van der Waals surface area contributed by atoms with Gasteiger partial charge in [-0.25, -0.2) is 15.0 Å². The number of thiazole rings is 1. The Morgan fingerprint density at radius 2 is 2.15 bits per heavy atom. The molecular formula is C8H8ClN3S. The Hall–Kier alpha value is -0.740. The van der Waals surface area contributed by atoms with Gasteiger partial charge in [-0.05, 0) is 0 Å². The summed E-state index contributed by atoms with van der Waals surface area (Å²) in [5.74, 6) is 1.07. The molecule has 0 aliphatic rings. The maximum Gasteiger partial charge on any atom is 0.159 e. The van der Waals surface area contributed by atoms with Crippen molar-refractivity contribution in [1.82, 2.24) is 15.0 Å². The highest BCUT2D eigenvalue weighted by Gasteiger charge is 2.10. The predicted molar refractivity (Wildman–Crippen MR) is 54.3 cm³/mol. The van der Waals surface area contributed by atoms with E-state index in [4.69, 9.17) is 11.6 Å². The van der Waals surface area contributed by atoms with Gasteiger partial charge in [-0.2, -0.15) is 0 Å². The minimum Gasteiger partial charge on any atom is -0.240 e. The van der Waals surface area contributed by atoms with Gasteiger partial charge >= 0.3 is 0 Å². The minimum atomic E-state index is 0.295. The van der Waals surface area contributed by atoms with Crippen molar-refractivity contribution in [3.63, 3.8) is 0 Å². The second-order valence-corrected chi connectivity index (χ2v) is 4.22. The Balaban J connectivity index is 2.70. The van der Waals surface area contributed by atoms with E-state index in [1.807, 2.05) is 13.8 Å². The molecule has 0 amide bonds. The molecule has 2 heterocycles. The summed E-state index contributed by atoms with van der Waals surface area (Å²) in [6.07, 6.45) is 0. The monoisotopic (exact) mass is 213 g/mol. The first-order valence-corrected chi connectivity index (χ1v) is 5.21. The van der Waals surface area contributed by atoms with Gasteiger partial charge < -0.3 is 0 Å². The molecule has 0 bridgehead atoms. The molecule has 13 heavy (non-hydrogen) atoms. The van der Waals surface area contributed by atoms with Gasteiger partial charge in [-0.1, -0.05) is 25.4 Å². The molecule has 0 spiro atoms. The molecule has 2 aromatic heterocycles. The van der Waals surface area contributed by atoms with Crippen LogP contribution in [0, 0.1) is 0 Å². The second-order valence-electron chi connectivity index (χ2n) is 3.03. The van der Waals surface area contributed by atoms with E-state index in [9.17, 15) is 0 Å². The molecule has 5 heteroatoms. The maximum absolute atomic E-state index is 5.94. The second kappa shape index (κ2) is 3.20. The van der Waals surface area contributed by atoms with Crippen molar-refractivity contribution < 1.29 is 0 Å². The van der Waals surface area contributed by atoms with Gasteiger partial charge in [0.05, 0.1) is 5.51 Å². The fourth-order valence-electron chi connectivity index (χ4n) is 1.00. The fraction of sp³-hybridized carbons (Fsp3) is 0.375. The average molecular weight is 214 g/mol. The molecular weight excluding hydrogens is 206 g/mol. The van der Waals surface area contributed by atoms with Crippen LogP contribution in [-0.2, 0) is 0 Å². The van der Waals surface area contributed by atoms with Crippen molar-refractivity contribution in [1.29, 1.82) is 0 Å². The van der Waals surface area contributed by atoms with E-state index in [1.165, 1.54) is 11.3 Å². The van der Waals surface area contributed by atoms with Crippen molar-refractivity contribution in [3.8, 4) is 0 Å². The van der Waals surface area contributed by atoms with Crippen LogP contribution in [0.15, 0.2) is 5.51 Å². The molecule has 0 saturated heterocycles. The van der Waals surface area contributed by atoms with E-state index in [2.05, 4.69) is 15.0 Å². The lowest BCUT2D eigenvalue weighted by Crippen LogP contribution is -1.97. The fourth-order valence-corrected chi connectivity index (χ4v) is 1.95. The number of hydrogen-bond donors (Lipinski definition) is 0. The molecule has 2 aromatic rings. The zero-order valence-electron chi connectivity index (χ0n) is 7.28. The SMILES string of the molecule is CC(C)c1nc(Cl)c2ncsc2n1. The summed E-state index contributed by atoms with van der Waals surface area (Å²) in [6, 6.07) is 0. The van der Waals surface area contributed by atoms with Crippen LogP contribution in [0.5, 0.6) is 0 Å². The standard InChI is InChI=1S/C8H8ClN3S/c1-4(2)7-11-6(9)5-8(12-7)13-3-10-5/h3-4H,1-2H3. The maximum atomic E-state index is 5.94. The molecule has 68 valence electrons. The third kappa shape index (κ3) is 1.51. The first-order valence-electron chi connectivity index (χ1n) is 3.95. The third-order valence-electron chi connectivity index (χ3n) is 1.69. The van der Waals surface area contributed by atoms with Crippen molar-refractivity contribution >= 4 is 33.3 Å². The lowest BCUT2D eigenvalue weighted by atomic mass is 10.2. The van der Waals surface area contributed by atoms with Crippen molar-refractivity contribution in [2.45, 2.75) is 19.8 Å². The number of rotatable bonds is 1. The van der Waals surface area contributed by atoms with E-state index >= 15 is 0 Å². The van der Waals surface area contributed by atoms with Crippen molar-refractivity contribution in [3.05, 3.63) is 16.5 Å². The highest BCUT2D eigenvalue weighted by molar-refractivity contribution is 7.16. The molecule has 0 aliphatic heterocycles. The predicted octanol–water partition coefficient (Wildman–Crippen LogP) is 2.86. The molecule has 2 rings (SSSR count). The summed E-state index contributed by atoms with van der Waals surface area (Å²) in [6.45, 7) is 4.08. The molecule has 0 aliphatic carbocycles. The number of aromatic nitrogens is 3. The Morgan fingerprint density at radius 1 is 1.38 bits per heavy atom. The Morgan fingerprint density at radius 3 is 2.85 bits per heavy atom. The van der Waals surface area contributed by atoms with Gasteiger partial charge in [0.1, 0.15) is 16.2 Å². The lowest BCUT2D eigenvalue weighted by Gasteiger charge is -2.02. The summed E-state index contributed by atoms with van der Waals surface area (Å²) >= 11 is 7.43. The highest BCUT2D eigenvalue weighted by atomic mass is 35.5. The quantitative estimate of drug-likeness (QED) is 0.684. The van der Waals surface area contributed by atoms with E-state index in [1.54, 1.807) is 5.51 Å². The molecule has 0 radical (unpaired) electrons. The van der Waals surface area contributed by atoms with Crippen LogP contribution in [0.3, 0.4) is 0 Å². The number of fused-ring (bicyclic) bond motifs is 1. The van der Waals surface area contributed by atoms with E-state index in [-0.39, 0.29) is 0 Å². The smallest absolute Gasteiger partial charge is 0.159 e. The third-order valence-corrected chi connectivity index (χ3v) is 2.67. The van der Waals surface area contributed by atoms with Crippen LogP contribution < -0.4 is 0 Å². The molecule has 0 N–H and O–H groups in total. The van der Waals surface area contributed by atoms with E-state index in [0.29, 0.717) is 16.6 Å². The minimum absolute atomic E-state index is 0.295. The largest absolute Gasteiger partial charge is 0.240 e. The Bertz CT molecular complexity index is 438. The lowest BCUT2D eigenvalue weighted by molar-refractivity contribution is 0.784. The Labute approximate surface area is 84.8 Å². The van der Waals surface area contributed by atoms with Crippen LogP contribution in [-0.4, -0.2) is 15.0 Å². The van der Waals surface area contributed by atoms with Crippen LogP contribution >= 0.6 is 22.9 Å². The molecule has 0 aromatic carbocycles. The van der Waals surface area contributed by atoms with Gasteiger partial charge in [0, 0.05) is 5.92 Å². The highest BCUT2D eigenvalue weighted by Crippen LogP contribution is 2.23. The normalized spacial score (nSPS) is 11.4. The Kier molecular flexibility index (Phi) is 2.17. The van der Waals surface area contributed by atoms with Crippen molar-refractivity contribution in [2.24, 2.45) is 0 Å². The zero-order valence-corrected chi connectivity index (χ0v) is 8.85. The van der Waals surface area contributed by atoms with Gasteiger partial charge in [0.25, 0.3) is 0 Å². The average Bonchev–Trinajstić information content (AvgIpc) is 2.51. The van der Waals surface area contributed by atoms with Gasteiger partial charge in [0.2, 0.25) is 0 Å². The van der Waals surface area contributed by atoms with Gasteiger partial charge in [0.15, 0.2) is 5.15 Å². The van der Waals surface area contributed by atoms with Crippen LogP contribution in [0.4, 0.5) is 0 Å².